The van der Waals surface area contributed by atoms with Gasteiger partial charge in [0, 0.05) is 25.7 Å². The minimum Gasteiger partial charge on any atom is -0.467 e. The van der Waals surface area contributed by atoms with Gasteiger partial charge in [0.25, 0.3) is 0 Å². The van der Waals surface area contributed by atoms with Crippen LogP contribution in [0, 0.1) is 23.2 Å². The molecule has 0 radical (unpaired) electrons. The SMILES string of the molecule is COC(=O)[C@@H]1[C@@H]2[C@H](CN1C(=O)[C@H](CC1CCOC1)NC(=O)OC(C)(C)C)C2(C)C. The van der Waals surface area contributed by atoms with Crippen LogP contribution in [0.15, 0.2) is 0 Å². The average molecular weight is 411 g/mol. The number of hydrogen-bond donors (Lipinski definition) is 1. The lowest BCUT2D eigenvalue weighted by atomic mass is 9.96. The Morgan fingerprint density at radius 1 is 1.28 bits per heavy atom. The van der Waals surface area contributed by atoms with Crippen molar-refractivity contribution in [2.45, 2.75) is 65.1 Å². The Hall–Kier alpha value is -1.83. The van der Waals surface area contributed by atoms with E-state index in [1.807, 2.05) is 0 Å². The van der Waals surface area contributed by atoms with E-state index in [9.17, 15) is 14.4 Å². The number of nitrogens with one attached hydrogen (secondary N) is 1. The van der Waals surface area contributed by atoms with Crippen LogP contribution in [-0.4, -0.2) is 67.4 Å². The van der Waals surface area contributed by atoms with Gasteiger partial charge in [-0.15, -0.1) is 0 Å². The first-order chi connectivity index (χ1) is 13.5. The fourth-order valence-corrected chi connectivity index (χ4v) is 4.88. The third-order valence-electron chi connectivity index (χ3n) is 6.52. The standard InChI is InChI=1S/C21H34N2O6/c1-20(2,3)29-19(26)22-14(9-12-7-8-28-11-12)17(24)23-10-13-15(21(13,4)5)16(23)18(25)27-6/h12-16H,7-11H2,1-6H3,(H,22,26)/t12?,13-,14-,15-,16-/m0/s1. The number of amides is 2. The van der Waals surface area contributed by atoms with E-state index in [-0.39, 0.29) is 29.1 Å². The van der Waals surface area contributed by atoms with Gasteiger partial charge in [0.1, 0.15) is 17.7 Å². The molecule has 2 saturated heterocycles. The maximum absolute atomic E-state index is 13.4. The number of esters is 1. The van der Waals surface area contributed by atoms with Crippen molar-refractivity contribution in [3.05, 3.63) is 0 Å². The zero-order chi connectivity index (χ0) is 21.6. The molecular weight excluding hydrogens is 376 g/mol. The van der Waals surface area contributed by atoms with Crippen LogP contribution in [0.1, 0.15) is 47.5 Å². The van der Waals surface area contributed by atoms with Gasteiger partial charge >= 0.3 is 12.1 Å². The molecule has 3 rings (SSSR count). The molecule has 29 heavy (non-hydrogen) atoms. The molecule has 3 aliphatic rings. The van der Waals surface area contributed by atoms with Crippen LogP contribution in [0.2, 0.25) is 0 Å². The van der Waals surface area contributed by atoms with Crippen LogP contribution < -0.4 is 5.32 Å². The number of carbonyl (C=O) groups is 3. The summed E-state index contributed by atoms with van der Waals surface area (Å²) in [5.41, 5.74) is -0.648. The van der Waals surface area contributed by atoms with Crippen molar-refractivity contribution in [3.63, 3.8) is 0 Å². The number of alkyl carbamates (subject to hydrolysis) is 1. The fraction of sp³-hybridized carbons (Fsp3) is 0.857. The average Bonchev–Trinajstić information content (AvgIpc) is 3.06. The molecule has 1 saturated carbocycles. The predicted octanol–water partition coefficient (Wildman–Crippen LogP) is 1.96. The van der Waals surface area contributed by atoms with E-state index in [4.69, 9.17) is 14.2 Å². The van der Waals surface area contributed by atoms with Crippen molar-refractivity contribution >= 4 is 18.0 Å². The van der Waals surface area contributed by atoms with Crippen molar-refractivity contribution in [3.8, 4) is 0 Å². The summed E-state index contributed by atoms with van der Waals surface area (Å²) in [6, 6.07) is -1.36. The summed E-state index contributed by atoms with van der Waals surface area (Å²) in [7, 11) is 1.35. The molecule has 0 aromatic carbocycles. The predicted molar refractivity (Wildman–Crippen MR) is 105 cm³/mol. The van der Waals surface area contributed by atoms with Gasteiger partial charge in [-0.2, -0.15) is 0 Å². The summed E-state index contributed by atoms with van der Waals surface area (Å²) in [6.07, 6.45) is 0.675. The molecule has 164 valence electrons. The topological polar surface area (TPSA) is 94.2 Å². The lowest BCUT2D eigenvalue weighted by Crippen LogP contribution is -2.55. The first-order valence-electron chi connectivity index (χ1n) is 10.4. The third-order valence-corrected chi connectivity index (χ3v) is 6.52. The maximum Gasteiger partial charge on any atom is 0.408 e. The number of ether oxygens (including phenoxy) is 3. The van der Waals surface area contributed by atoms with Gasteiger partial charge < -0.3 is 24.4 Å². The molecule has 2 aliphatic heterocycles. The molecule has 0 bridgehead atoms. The summed E-state index contributed by atoms with van der Waals surface area (Å²) >= 11 is 0. The third kappa shape index (κ3) is 4.52. The van der Waals surface area contributed by atoms with E-state index < -0.39 is 29.7 Å². The largest absolute Gasteiger partial charge is 0.467 e. The van der Waals surface area contributed by atoms with E-state index in [0.29, 0.717) is 26.2 Å². The summed E-state index contributed by atoms with van der Waals surface area (Å²) < 4.78 is 15.8. The van der Waals surface area contributed by atoms with Gasteiger partial charge in [-0.25, -0.2) is 9.59 Å². The Morgan fingerprint density at radius 3 is 2.52 bits per heavy atom. The van der Waals surface area contributed by atoms with Gasteiger partial charge in [-0.1, -0.05) is 13.8 Å². The molecule has 1 unspecified atom stereocenters. The molecule has 3 fully saturated rings. The second kappa shape index (κ2) is 7.78. The second-order valence-corrected chi connectivity index (χ2v) is 10.1. The van der Waals surface area contributed by atoms with Crippen LogP contribution in [0.3, 0.4) is 0 Å². The Bertz CT molecular complexity index is 665. The van der Waals surface area contributed by atoms with Crippen LogP contribution in [0.25, 0.3) is 0 Å². The van der Waals surface area contributed by atoms with Gasteiger partial charge in [0.2, 0.25) is 5.91 Å². The van der Waals surface area contributed by atoms with Crippen LogP contribution in [-0.2, 0) is 23.8 Å². The Kier molecular flexibility index (Phi) is 5.87. The van der Waals surface area contributed by atoms with Crippen LogP contribution in [0.4, 0.5) is 4.79 Å². The lowest BCUT2D eigenvalue weighted by Gasteiger charge is -2.33. The molecule has 0 aromatic heterocycles. The highest BCUT2D eigenvalue weighted by atomic mass is 16.6. The van der Waals surface area contributed by atoms with E-state index >= 15 is 0 Å². The van der Waals surface area contributed by atoms with Crippen molar-refractivity contribution in [1.82, 2.24) is 10.2 Å². The Morgan fingerprint density at radius 2 is 1.97 bits per heavy atom. The highest BCUT2D eigenvalue weighted by Crippen LogP contribution is 2.65. The van der Waals surface area contributed by atoms with Crippen LogP contribution >= 0.6 is 0 Å². The molecule has 0 aromatic rings. The van der Waals surface area contributed by atoms with E-state index in [0.717, 1.165) is 6.42 Å². The number of hydrogen-bond acceptors (Lipinski definition) is 6. The minimum atomic E-state index is -0.760. The van der Waals surface area contributed by atoms with E-state index in [1.54, 1.807) is 25.7 Å². The quantitative estimate of drug-likeness (QED) is 0.697. The summed E-state index contributed by atoms with van der Waals surface area (Å²) in [4.78, 5) is 39.9. The fourth-order valence-electron chi connectivity index (χ4n) is 4.88. The van der Waals surface area contributed by atoms with Gasteiger partial charge in [-0.05, 0) is 50.9 Å². The van der Waals surface area contributed by atoms with Gasteiger partial charge in [-0.3, -0.25) is 4.79 Å². The lowest BCUT2D eigenvalue weighted by molar-refractivity contribution is -0.153. The minimum absolute atomic E-state index is 0.0169. The number of nitrogens with zero attached hydrogens (tertiary/aromatic N) is 1. The summed E-state index contributed by atoms with van der Waals surface area (Å²) in [5, 5.41) is 2.74. The first-order valence-corrected chi connectivity index (χ1v) is 10.4. The van der Waals surface area contributed by atoms with Crippen molar-refractivity contribution in [1.29, 1.82) is 0 Å². The molecule has 8 nitrogen and oxygen atoms in total. The molecule has 1 aliphatic carbocycles. The second-order valence-electron chi connectivity index (χ2n) is 10.1. The highest BCUT2D eigenvalue weighted by Gasteiger charge is 2.70. The Balaban J connectivity index is 1.76. The number of methoxy groups -OCH3 is 1. The zero-order valence-electron chi connectivity index (χ0n) is 18.3. The first kappa shape index (κ1) is 21.9. The monoisotopic (exact) mass is 410 g/mol. The number of rotatable bonds is 5. The number of fused-ring (bicyclic) bond motifs is 1. The van der Waals surface area contributed by atoms with Crippen molar-refractivity contribution in [2.75, 3.05) is 26.9 Å². The summed E-state index contributed by atoms with van der Waals surface area (Å²) in [6.45, 7) is 11.3. The molecular formula is C21H34N2O6. The number of carbonyl (C=O) groups excluding carboxylic acids is 3. The molecule has 5 atom stereocenters. The number of likely N-dealkylation sites (tertiary alicyclic amines) is 1. The number of piperidine rings is 1. The zero-order valence-corrected chi connectivity index (χ0v) is 18.3. The molecule has 2 amide bonds. The maximum atomic E-state index is 13.4. The summed E-state index contributed by atoms with van der Waals surface area (Å²) in [5.74, 6) is -0.0923. The van der Waals surface area contributed by atoms with Crippen molar-refractivity contribution < 1.29 is 28.6 Å². The Labute approximate surface area is 172 Å². The molecule has 0 spiro atoms. The van der Waals surface area contributed by atoms with E-state index in [2.05, 4.69) is 19.2 Å². The molecule has 2 heterocycles. The van der Waals surface area contributed by atoms with Crippen LogP contribution in [0.5, 0.6) is 0 Å². The molecule has 8 heteroatoms. The van der Waals surface area contributed by atoms with Gasteiger partial charge in [0.15, 0.2) is 0 Å². The highest BCUT2D eigenvalue weighted by molar-refractivity contribution is 5.91. The van der Waals surface area contributed by atoms with Gasteiger partial charge in [0.05, 0.1) is 7.11 Å². The normalized spacial score (nSPS) is 31.0. The smallest absolute Gasteiger partial charge is 0.408 e. The van der Waals surface area contributed by atoms with E-state index in [1.165, 1.54) is 7.11 Å². The molecule has 1 N–H and O–H groups in total. The van der Waals surface area contributed by atoms with Crippen molar-refractivity contribution in [2.24, 2.45) is 23.2 Å².